The van der Waals surface area contributed by atoms with Gasteiger partial charge in [-0.15, -0.1) is 0 Å². The van der Waals surface area contributed by atoms with E-state index in [1.807, 2.05) is 53.1 Å². The highest BCUT2D eigenvalue weighted by atomic mass is 19.1. The number of ether oxygens (including phenoxy) is 1. The summed E-state index contributed by atoms with van der Waals surface area (Å²) in [5.41, 5.74) is 4.44. The van der Waals surface area contributed by atoms with Gasteiger partial charge in [-0.25, -0.2) is 9.37 Å². The lowest BCUT2D eigenvalue weighted by Crippen LogP contribution is -1.91. The van der Waals surface area contributed by atoms with E-state index in [1.54, 1.807) is 19.4 Å². The molecular formula is C21H14FN3O. The minimum Gasteiger partial charge on any atom is -0.497 e. The van der Waals surface area contributed by atoms with Crippen LogP contribution in [0.2, 0.25) is 0 Å². The highest BCUT2D eigenvalue weighted by Gasteiger charge is 2.10. The van der Waals surface area contributed by atoms with Crippen molar-refractivity contribution in [2.75, 3.05) is 7.11 Å². The van der Waals surface area contributed by atoms with Crippen molar-refractivity contribution < 1.29 is 9.13 Å². The van der Waals surface area contributed by atoms with E-state index in [0.29, 0.717) is 0 Å². The van der Waals surface area contributed by atoms with Gasteiger partial charge in [-0.3, -0.25) is 4.40 Å². The van der Waals surface area contributed by atoms with Gasteiger partial charge in [0.1, 0.15) is 23.3 Å². The Bertz CT molecular complexity index is 1140. The summed E-state index contributed by atoms with van der Waals surface area (Å²) in [5.74, 6) is 0.286. The van der Waals surface area contributed by atoms with Gasteiger partial charge in [0.25, 0.3) is 0 Å². The maximum absolute atomic E-state index is 13.6. The van der Waals surface area contributed by atoms with Crippen LogP contribution in [0.1, 0.15) is 5.56 Å². The van der Waals surface area contributed by atoms with Gasteiger partial charge in [0.2, 0.25) is 0 Å². The van der Waals surface area contributed by atoms with Crippen molar-refractivity contribution in [2.45, 2.75) is 0 Å². The predicted molar refractivity (Wildman–Crippen MR) is 97.3 cm³/mol. The van der Waals surface area contributed by atoms with Crippen LogP contribution in [-0.2, 0) is 0 Å². The molecular weight excluding hydrogens is 329 g/mol. The average Bonchev–Trinajstić information content (AvgIpc) is 3.11. The van der Waals surface area contributed by atoms with Crippen LogP contribution in [0, 0.1) is 17.1 Å². The smallest absolute Gasteiger partial charge is 0.140 e. The van der Waals surface area contributed by atoms with E-state index in [0.717, 1.165) is 33.8 Å². The Balaban J connectivity index is 1.77. The fourth-order valence-corrected chi connectivity index (χ4v) is 2.93. The van der Waals surface area contributed by atoms with Gasteiger partial charge in [0.05, 0.1) is 24.6 Å². The number of methoxy groups -OCH3 is 1. The third-order valence-electron chi connectivity index (χ3n) is 4.32. The second-order valence-electron chi connectivity index (χ2n) is 5.82. The van der Waals surface area contributed by atoms with Crippen LogP contribution in [0.3, 0.4) is 0 Å². The predicted octanol–water partition coefficient (Wildman–Crippen LogP) is 4.69. The monoisotopic (exact) mass is 343 g/mol. The van der Waals surface area contributed by atoms with Crippen LogP contribution < -0.4 is 4.74 Å². The van der Waals surface area contributed by atoms with Crippen molar-refractivity contribution in [3.05, 3.63) is 78.4 Å². The number of halogens is 1. The third kappa shape index (κ3) is 2.68. The number of rotatable bonds is 3. The first-order valence-electron chi connectivity index (χ1n) is 8.01. The van der Waals surface area contributed by atoms with Crippen molar-refractivity contribution >= 4 is 5.65 Å². The van der Waals surface area contributed by atoms with Crippen LogP contribution in [-0.4, -0.2) is 16.5 Å². The maximum atomic E-state index is 13.6. The van der Waals surface area contributed by atoms with Crippen molar-refractivity contribution in [1.29, 1.82) is 5.26 Å². The van der Waals surface area contributed by atoms with E-state index in [4.69, 9.17) is 10.00 Å². The molecule has 0 amide bonds. The lowest BCUT2D eigenvalue weighted by molar-refractivity contribution is 0.415. The Morgan fingerprint density at radius 1 is 1.00 bits per heavy atom. The number of hydrogen-bond acceptors (Lipinski definition) is 3. The maximum Gasteiger partial charge on any atom is 0.140 e. The van der Waals surface area contributed by atoms with Gasteiger partial charge in [0.15, 0.2) is 0 Å². The quantitative estimate of drug-likeness (QED) is 0.542. The van der Waals surface area contributed by atoms with Crippen LogP contribution in [0.4, 0.5) is 4.39 Å². The Morgan fingerprint density at radius 3 is 2.50 bits per heavy atom. The zero-order valence-corrected chi connectivity index (χ0v) is 14.0. The summed E-state index contributed by atoms with van der Waals surface area (Å²) in [4.78, 5) is 4.45. The SMILES string of the molecule is COc1ccc(-c2ccn3c(-c4ccc(F)c(C#N)c4)cnc3c2)cc1. The zero-order valence-electron chi connectivity index (χ0n) is 14.0. The zero-order chi connectivity index (χ0) is 18.1. The molecule has 0 saturated heterocycles. The van der Waals surface area contributed by atoms with Gasteiger partial charge in [-0.05, 0) is 53.6 Å². The molecule has 4 rings (SSSR count). The number of nitrogens with zero attached hydrogens (tertiary/aromatic N) is 3. The van der Waals surface area contributed by atoms with Crippen molar-refractivity contribution in [1.82, 2.24) is 9.38 Å². The molecule has 126 valence electrons. The Hall–Kier alpha value is -3.65. The number of aromatic nitrogens is 2. The largest absolute Gasteiger partial charge is 0.497 e. The summed E-state index contributed by atoms with van der Waals surface area (Å²) < 4.78 is 20.7. The van der Waals surface area contributed by atoms with Gasteiger partial charge in [0, 0.05) is 11.8 Å². The first-order valence-corrected chi connectivity index (χ1v) is 8.01. The number of imidazole rings is 1. The van der Waals surface area contributed by atoms with E-state index in [1.165, 1.54) is 12.1 Å². The van der Waals surface area contributed by atoms with Crippen LogP contribution >= 0.6 is 0 Å². The molecule has 2 heterocycles. The lowest BCUT2D eigenvalue weighted by atomic mass is 10.1. The molecule has 0 fully saturated rings. The van der Waals surface area contributed by atoms with Crippen molar-refractivity contribution in [2.24, 2.45) is 0 Å². The summed E-state index contributed by atoms with van der Waals surface area (Å²) in [5, 5.41) is 9.03. The fraction of sp³-hybridized carbons (Fsp3) is 0.0476. The molecule has 4 nitrogen and oxygen atoms in total. The van der Waals surface area contributed by atoms with Gasteiger partial charge in [-0.1, -0.05) is 12.1 Å². The summed E-state index contributed by atoms with van der Waals surface area (Å²) in [7, 11) is 1.64. The first-order chi connectivity index (χ1) is 12.7. The molecule has 0 radical (unpaired) electrons. The summed E-state index contributed by atoms with van der Waals surface area (Å²) in [6.45, 7) is 0. The van der Waals surface area contributed by atoms with E-state index >= 15 is 0 Å². The fourth-order valence-electron chi connectivity index (χ4n) is 2.93. The molecule has 0 spiro atoms. The second kappa shape index (κ2) is 6.34. The molecule has 0 aliphatic heterocycles. The highest BCUT2D eigenvalue weighted by molar-refractivity contribution is 5.71. The van der Waals surface area contributed by atoms with Crippen LogP contribution in [0.25, 0.3) is 28.0 Å². The molecule has 4 aromatic rings. The first kappa shape index (κ1) is 15.9. The van der Waals surface area contributed by atoms with E-state index in [9.17, 15) is 4.39 Å². The molecule has 0 saturated carbocycles. The van der Waals surface area contributed by atoms with Gasteiger partial charge < -0.3 is 4.74 Å². The molecule has 2 aromatic carbocycles. The minimum atomic E-state index is -0.521. The molecule has 2 aromatic heterocycles. The van der Waals surface area contributed by atoms with Crippen molar-refractivity contribution in [3.8, 4) is 34.2 Å². The standard InChI is InChI=1S/C21H14FN3O/c1-26-18-5-2-14(3-6-18)15-8-9-25-20(13-24-21(25)11-15)16-4-7-19(22)17(10-16)12-23/h2-11,13H,1H3. The van der Waals surface area contributed by atoms with Crippen molar-refractivity contribution in [3.63, 3.8) is 0 Å². The Morgan fingerprint density at radius 2 is 1.77 bits per heavy atom. The third-order valence-corrected chi connectivity index (χ3v) is 4.32. The van der Waals surface area contributed by atoms with Gasteiger partial charge in [-0.2, -0.15) is 5.26 Å². The van der Waals surface area contributed by atoms with E-state index < -0.39 is 5.82 Å². The number of hydrogen-bond donors (Lipinski definition) is 0. The average molecular weight is 343 g/mol. The van der Waals surface area contributed by atoms with Gasteiger partial charge >= 0.3 is 0 Å². The molecule has 0 bridgehead atoms. The van der Waals surface area contributed by atoms with Crippen LogP contribution in [0.5, 0.6) is 5.75 Å². The minimum absolute atomic E-state index is 0.0207. The molecule has 0 aliphatic carbocycles. The number of benzene rings is 2. The number of nitriles is 1. The Kier molecular flexibility index (Phi) is 3.86. The summed E-state index contributed by atoms with van der Waals surface area (Å²) in [6.07, 6.45) is 3.65. The molecule has 0 N–H and O–H groups in total. The lowest BCUT2D eigenvalue weighted by Gasteiger charge is -2.06. The summed E-state index contributed by atoms with van der Waals surface area (Å²) in [6, 6.07) is 18.2. The normalized spacial score (nSPS) is 10.7. The molecule has 0 atom stereocenters. The molecule has 0 aliphatic rings. The van der Waals surface area contributed by atoms with Crippen LogP contribution in [0.15, 0.2) is 67.0 Å². The molecule has 0 unspecified atom stereocenters. The number of pyridine rings is 1. The number of fused-ring (bicyclic) bond motifs is 1. The molecule has 26 heavy (non-hydrogen) atoms. The second-order valence-corrected chi connectivity index (χ2v) is 5.82. The Labute approximate surface area is 149 Å². The highest BCUT2D eigenvalue weighted by Crippen LogP contribution is 2.27. The molecule has 5 heteroatoms. The van der Waals surface area contributed by atoms with E-state index in [2.05, 4.69) is 4.98 Å². The summed E-state index contributed by atoms with van der Waals surface area (Å²) >= 11 is 0. The van der Waals surface area contributed by atoms with E-state index in [-0.39, 0.29) is 5.56 Å². The topological polar surface area (TPSA) is 50.3 Å².